The maximum absolute atomic E-state index is 11.6. The molecule has 2 heterocycles. The Kier molecular flexibility index (Phi) is 4.59. The number of nitrogens with zero attached hydrogens (tertiary/aromatic N) is 4. The Balaban J connectivity index is 1.33. The van der Waals surface area contributed by atoms with E-state index in [1.807, 2.05) is 42.5 Å². The highest BCUT2D eigenvalue weighted by Crippen LogP contribution is 2.15. The molecule has 0 saturated carbocycles. The normalized spacial score (nSPS) is 16.5. The van der Waals surface area contributed by atoms with Crippen molar-refractivity contribution in [3.05, 3.63) is 60.2 Å². The first-order chi connectivity index (χ1) is 12.8. The van der Waals surface area contributed by atoms with Crippen molar-refractivity contribution in [3.63, 3.8) is 0 Å². The Morgan fingerprint density at radius 2 is 1.92 bits per heavy atom. The Morgan fingerprint density at radius 1 is 1.12 bits per heavy atom. The van der Waals surface area contributed by atoms with Crippen LogP contribution in [0.3, 0.4) is 0 Å². The monoisotopic (exact) mass is 348 g/mol. The molecule has 0 radical (unpaired) electrons. The minimum atomic E-state index is -0.128. The lowest BCUT2D eigenvalue weighted by Crippen LogP contribution is -2.29. The van der Waals surface area contributed by atoms with E-state index in [1.165, 1.54) is 5.56 Å². The minimum absolute atomic E-state index is 0.0700. The van der Waals surface area contributed by atoms with Gasteiger partial charge in [0, 0.05) is 17.8 Å². The van der Waals surface area contributed by atoms with E-state index < -0.39 is 0 Å². The third-order valence-electron chi connectivity index (χ3n) is 4.43. The maximum Gasteiger partial charge on any atom is 0.242 e. The number of benzene rings is 2. The Labute approximate surface area is 151 Å². The summed E-state index contributed by atoms with van der Waals surface area (Å²) >= 11 is 0. The van der Waals surface area contributed by atoms with Crippen LogP contribution in [0.25, 0.3) is 11.4 Å². The summed E-state index contributed by atoms with van der Waals surface area (Å²) in [5.41, 5.74) is 3.11. The lowest BCUT2D eigenvalue weighted by molar-refractivity contribution is -0.119. The van der Waals surface area contributed by atoms with Crippen LogP contribution in [0.15, 0.2) is 54.6 Å². The second-order valence-electron chi connectivity index (χ2n) is 6.30. The summed E-state index contributed by atoms with van der Waals surface area (Å²) < 4.78 is 0. The minimum Gasteiger partial charge on any atom is -0.374 e. The van der Waals surface area contributed by atoms with Crippen LogP contribution in [0.2, 0.25) is 0 Å². The van der Waals surface area contributed by atoms with Gasteiger partial charge in [-0.05, 0) is 35.8 Å². The fourth-order valence-electron chi connectivity index (χ4n) is 2.97. The molecule has 7 nitrogen and oxygen atoms in total. The van der Waals surface area contributed by atoms with Gasteiger partial charge in [-0.3, -0.25) is 4.79 Å². The van der Waals surface area contributed by atoms with E-state index >= 15 is 0 Å². The van der Waals surface area contributed by atoms with Crippen molar-refractivity contribution in [1.29, 1.82) is 0 Å². The van der Waals surface area contributed by atoms with Crippen molar-refractivity contribution >= 4 is 11.6 Å². The number of aromatic nitrogens is 4. The molecule has 0 spiro atoms. The number of amides is 1. The molecule has 0 aliphatic carbocycles. The lowest BCUT2D eigenvalue weighted by atomic mass is 10.1. The molecule has 1 aliphatic heterocycles. The molecule has 132 valence electrons. The number of rotatable bonds is 6. The van der Waals surface area contributed by atoms with Crippen LogP contribution >= 0.6 is 0 Å². The Hall–Kier alpha value is -3.22. The van der Waals surface area contributed by atoms with E-state index in [-0.39, 0.29) is 11.9 Å². The number of hydrogen-bond donors (Lipinski definition) is 2. The number of anilines is 1. The Morgan fingerprint density at radius 3 is 2.65 bits per heavy atom. The summed E-state index contributed by atoms with van der Waals surface area (Å²) in [6.45, 7) is 1.40. The highest BCUT2D eigenvalue weighted by molar-refractivity contribution is 5.86. The third-order valence-corrected chi connectivity index (χ3v) is 4.43. The number of tetrazole rings is 1. The number of carbonyl (C=O) groups is 1. The van der Waals surface area contributed by atoms with Gasteiger partial charge in [0.2, 0.25) is 11.7 Å². The van der Waals surface area contributed by atoms with Crippen molar-refractivity contribution in [2.24, 2.45) is 0 Å². The zero-order valence-corrected chi connectivity index (χ0v) is 14.3. The molecular formula is C19H20N6O. The van der Waals surface area contributed by atoms with Crippen molar-refractivity contribution in [2.75, 3.05) is 11.9 Å². The lowest BCUT2D eigenvalue weighted by Gasteiger charge is -2.11. The van der Waals surface area contributed by atoms with Gasteiger partial charge in [0.25, 0.3) is 0 Å². The van der Waals surface area contributed by atoms with Gasteiger partial charge in [0.05, 0.1) is 6.54 Å². The van der Waals surface area contributed by atoms with E-state index in [9.17, 15) is 4.79 Å². The second-order valence-corrected chi connectivity index (χ2v) is 6.30. The maximum atomic E-state index is 11.6. The molecule has 7 heteroatoms. The number of aryl methyl sites for hydroxylation is 2. The highest BCUT2D eigenvalue weighted by atomic mass is 16.2. The average molecular weight is 348 g/mol. The largest absolute Gasteiger partial charge is 0.374 e. The smallest absolute Gasteiger partial charge is 0.242 e. The molecule has 1 fully saturated rings. The van der Waals surface area contributed by atoms with Crippen LogP contribution in [0.4, 0.5) is 5.69 Å². The number of nitrogens with one attached hydrogen (secondary N) is 2. The summed E-state index contributed by atoms with van der Waals surface area (Å²) in [5, 5.41) is 18.8. The molecule has 3 aromatic rings. The molecule has 1 saturated heterocycles. The van der Waals surface area contributed by atoms with Gasteiger partial charge < -0.3 is 10.6 Å². The van der Waals surface area contributed by atoms with Gasteiger partial charge in [-0.2, -0.15) is 4.80 Å². The molecule has 0 unspecified atom stereocenters. The molecular weight excluding hydrogens is 328 g/mol. The van der Waals surface area contributed by atoms with Gasteiger partial charge in [-0.25, -0.2) is 0 Å². The topological polar surface area (TPSA) is 84.7 Å². The van der Waals surface area contributed by atoms with Crippen LogP contribution in [0.5, 0.6) is 0 Å². The summed E-state index contributed by atoms with van der Waals surface area (Å²) in [6, 6.07) is 17.8. The fraction of sp³-hybridized carbons (Fsp3) is 0.263. The summed E-state index contributed by atoms with van der Waals surface area (Å²) in [4.78, 5) is 13.2. The average Bonchev–Trinajstić information content (AvgIpc) is 3.31. The molecule has 26 heavy (non-hydrogen) atoms. The summed E-state index contributed by atoms with van der Waals surface area (Å²) in [6.07, 6.45) is 1.64. The molecule has 2 aromatic carbocycles. The van der Waals surface area contributed by atoms with Crippen LogP contribution in [-0.4, -0.2) is 38.7 Å². The first-order valence-electron chi connectivity index (χ1n) is 8.74. The molecule has 1 aromatic heterocycles. The first-order valence-corrected chi connectivity index (χ1v) is 8.74. The van der Waals surface area contributed by atoms with Gasteiger partial charge in [-0.1, -0.05) is 42.5 Å². The van der Waals surface area contributed by atoms with Crippen molar-refractivity contribution in [2.45, 2.75) is 25.4 Å². The standard InChI is InChI=1S/C19H20N6O/c26-19-17(10-12-20-19)21-16-8-6-14(7-9-16)11-13-25-23-18(22-24-25)15-4-2-1-3-5-15/h1-9,17,21H,10-13H2,(H,20,26)/t17-/m1/s1. The predicted molar refractivity (Wildman–Crippen MR) is 98.4 cm³/mol. The molecule has 0 bridgehead atoms. The van der Waals surface area contributed by atoms with Crippen LogP contribution in [0.1, 0.15) is 12.0 Å². The van der Waals surface area contributed by atoms with E-state index in [0.29, 0.717) is 12.4 Å². The summed E-state index contributed by atoms with van der Waals surface area (Å²) in [5.74, 6) is 0.709. The van der Waals surface area contributed by atoms with Gasteiger partial charge in [0.1, 0.15) is 6.04 Å². The summed E-state index contributed by atoms with van der Waals surface area (Å²) in [7, 11) is 0. The van der Waals surface area contributed by atoms with E-state index in [4.69, 9.17) is 0 Å². The van der Waals surface area contributed by atoms with E-state index in [1.54, 1.807) is 4.80 Å². The van der Waals surface area contributed by atoms with Crippen molar-refractivity contribution < 1.29 is 4.79 Å². The van der Waals surface area contributed by atoms with Crippen molar-refractivity contribution in [1.82, 2.24) is 25.5 Å². The van der Waals surface area contributed by atoms with E-state index in [2.05, 4.69) is 38.2 Å². The third kappa shape index (κ3) is 3.72. The molecule has 1 amide bonds. The highest BCUT2D eigenvalue weighted by Gasteiger charge is 2.23. The van der Waals surface area contributed by atoms with Crippen LogP contribution < -0.4 is 10.6 Å². The molecule has 1 atom stereocenters. The zero-order valence-electron chi connectivity index (χ0n) is 14.3. The SMILES string of the molecule is O=C1NCC[C@H]1Nc1ccc(CCn2nnc(-c3ccccc3)n2)cc1. The van der Waals surface area contributed by atoms with Gasteiger partial charge >= 0.3 is 0 Å². The predicted octanol–water partition coefficient (Wildman–Crippen LogP) is 1.88. The van der Waals surface area contributed by atoms with Crippen LogP contribution in [-0.2, 0) is 17.8 Å². The molecule has 4 rings (SSSR count). The van der Waals surface area contributed by atoms with E-state index in [0.717, 1.165) is 30.6 Å². The van der Waals surface area contributed by atoms with Gasteiger partial charge in [0.15, 0.2) is 0 Å². The zero-order chi connectivity index (χ0) is 17.8. The van der Waals surface area contributed by atoms with Gasteiger partial charge in [-0.15, -0.1) is 10.2 Å². The molecule has 1 aliphatic rings. The van der Waals surface area contributed by atoms with Crippen molar-refractivity contribution in [3.8, 4) is 11.4 Å². The molecule has 2 N–H and O–H groups in total. The Bertz CT molecular complexity index is 875. The van der Waals surface area contributed by atoms with Crippen LogP contribution in [0, 0.1) is 0 Å². The number of carbonyl (C=O) groups excluding carboxylic acids is 1. The quantitative estimate of drug-likeness (QED) is 0.710. The number of hydrogen-bond acceptors (Lipinski definition) is 5. The second kappa shape index (κ2) is 7.35. The fourth-order valence-corrected chi connectivity index (χ4v) is 2.97. The first kappa shape index (κ1) is 16.3.